The van der Waals surface area contributed by atoms with Crippen molar-refractivity contribution < 1.29 is 5.11 Å². The summed E-state index contributed by atoms with van der Waals surface area (Å²) < 4.78 is 0.792. The molecule has 1 atom stereocenters. The van der Waals surface area contributed by atoms with E-state index in [0.717, 1.165) is 35.6 Å². The maximum absolute atomic E-state index is 10.0. The summed E-state index contributed by atoms with van der Waals surface area (Å²) in [5.74, 6) is 1.63. The largest absolute Gasteiger partial charge is 0.388 e. The molecule has 1 aromatic rings. The molecule has 2 heterocycles. The highest BCUT2D eigenvalue weighted by molar-refractivity contribution is 9.10. The van der Waals surface area contributed by atoms with Gasteiger partial charge in [-0.3, -0.25) is 0 Å². The molecular formula is C11H16BrN3O. The first-order valence-corrected chi connectivity index (χ1v) is 6.24. The number of β-amino-alcohol motifs (C(OH)–C–C–N with tert-alkyl or cyclic N) is 1. The normalized spacial score (nSPS) is 25.9. The van der Waals surface area contributed by atoms with Crippen molar-refractivity contribution in [3.63, 3.8) is 0 Å². The van der Waals surface area contributed by atoms with Crippen LogP contribution in [0.2, 0.25) is 0 Å². The highest BCUT2D eigenvalue weighted by atomic mass is 79.9. The molecule has 1 aromatic heterocycles. The Kier molecular flexibility index (Phi) is 3.17. The molecular weight excluding hydrogens is 270 g/mol. The van der Waals surface area contributed by atoms with Crippen LogP contribution in [0, 0.1) is 6.92 Å². The Labute approximate surface area is 104 Å². The van der Waals surface area contributed by atoms with Crippen LogP contribution in [0.4, 0.5) is 5.82 Å². The summed E-state index contributed by atoms with van der Waals surface area (Å²) in [6.45, 7) is 5.33. The monoisotopic (exact) mass is 285 g/mol. The van der Waals surface area contributed by atoms with Gasteiger partial charge in [-0.15, -0.1) is 0 Å². The molecule has 1 aliphatic rings. The van der Waals surface area contributed by atoms with Crippen molar-refractivity contribution >= 4 is 21.7 Å². The molecule has 1 unspecified atom stereocenters. The van der Waals surface area contributed by atoms with Gasteiger partial charge in [0.2, 0.25) is 0 Å². The van der Waals surface area contributed by atoms with E-state index >= 15 is 0 Å². The predicted molar refractivity (Wildman–Crippen MR) is 66.5 cm³/mol. The van der Waals surface area contributed by atoms with Gasteiger partial charge in [-0.2, -0.15) is 0 Å². The molecule has 16 heavy (non-hydrogen) atoms. The fourth-order valence-corrected chi connectivity index (χ4v) is 2.56. The molecule has 2 rings (SSSR count). The molecule has 0 spiro atoms. The second kappa shape index (κ2) is 4.30. The highest BCUT2D eigenvalue weighted by Gasteiger charge is 2.29. The second-order valence-corrected chi connectivity index (χ2v) is 5.43. The van der Waals surface area contributed by atoms with Crippen molar-refractivity contribution in [1.29, 1.82) is 0 Å². The molecule has 1 N–H and O–H groups in total. The van der Waals surface area contributed by atoms with E-state index in [-0.39, 0.29) is 0 Å². The number of aryl methyl sites for hydroxylation is 1. The smallest absolute Gasteiger partial charge is 0.133 e. The van der Waals surface area contributed by atoms with Gasteiger partial charge in [0.1, 0.15) is 16.2 Å². The number of hydrogen-bond donors (Lipinski definition) is 1. The number of hydrogen-bond acceptors (Lipinski definition) is 4. The lowest BCUT2D eigenvalue weighted by Gasteiger charge is -2.37. The van der Waals surface area contributed by atoms with E-state index in [2.05, 4.69) is 30.8 Å². The molecule has 0 aliphatic carbocycles. The Hall–Kier alpha value is -0.680. The summed E-state index contributed by atoms with van der Waals surface area (Å²) in [5.41, 5.74) is -0.608. The van der Waals surface area contributed by atoms with Gasteiger partial charge in [-0.05, 0) is 42.6 Å². The molecule has 1 fully saturated rings. The number of piperidine rings is 1. The molecule has 0 radical (unpaired) electrons. The van der Waals surface area contributed by atoms with Gasteiger partial charge in [0.15, 0.2) is 0 Å². The van der Waals surface area contributed by atoms with E-state index in [4.69, 9.17) is 0 Å². The van der Waals surface area contributed by atoms with Crippen LogP contribution in [0.3, 0.4) is 0 Å². The molecule has 0 saturated carbocycles. The van der Waals surface area contributed by atoms with E-state index in [9.17, 15) is 5.11 Å². The SMILES string of the molecule is Cc1nc(Br)cc(N2CCCC(C)(O)C2)n1. The minimum absolute atomic E-state index is 0.608. The van der Waals surface area contributed by atoms with Gasteiger partial charge in [-0.1, -0.05) is 0 Å². The standard InChI is InChI=1S/C11H16BrN3O/c1-8-13-9(12)6-10(14-8)15-5-3-4-11(2,16)7-15/h6,16H,3-5,7H2,1-2H3. The van der Waals surface area contributed by atoms with Crippen molar-refractivity contribution in [2.45, 2.75) is 32.3 Å². The minimum atomic E-state index is -0.608. The van der Waals surface area contributed by atoms with E-state index in [1.807, 2.05) is 19.9 Å². The number of anilines is 1. The molecule has 1 aliphatic heterocycles. The summed E-state index contributed by atoms with van der Waals surface area (Å²) in [4.78, 5) is 10.7. The summed E-state index contributed by atoms with van der Waals surface area (Å²) in [5, 5.41) is 10.0. The summed E-state index contributed by atoms with van der Waals surface area (Å²) in [6.07, 6.45) is 1.85. The molecule has 4 nitrogen and oxygen atoms in total. The van der Waals surface area contributed by atoms with Crippen molar-refractivity contribution in [3.8, 4) is 0 Å². The first-order chi connectivity index (χ1) is 7.46. The number of halogens is 1. The fraction of sp³-hybridized carbons (Fsp3) is 0.636. The van der Waals surface area contributed by atoms with E-state index in [1.165, 1.54) is 0 Å². The van der Waals surface area contributed by atoms with Gasteiger partial charge in [0.05, 0.1) is 5.60 Å². The molecule has 0 bridgehead atoms. The Balaban J connectivity index is 2.23. The van der Waals surface area contributed by atoms with E-state index in [0.29, 0.717) is 6.54 Å². The zero-order chi connectivity index (χ0) is 11.8. The Morgan fingerprint density at radius 3 is 2.88 bits per heavy atom. The predicted octanol–water partition coefficient (Wildman–Crippen LogP) is 1.90. The molecule has 0 aromatic carbocycles. The lowest BCUT2D eigenvalue weighted by Crippen LogP contribution is -2.46. The van der Waals surface area contributed by atoms with Crippen LogP contribution >= 0.6 is 15.9 Å². The minimum Gasteiger partial charge on any atom is -0.388 e. The fourth-order valence-electron chi connectivity index (χ4n) is 2.09. The lowest BCUT2D eigenvalue weighted by molar-refractivity contribution is 0.0447. The highest BCUT2D eigenvalue weighted by Crippen LogP contribution is 2.25. The quantitative estimate of drug-likeness (QED) is 0.801. The third kappa shape index (κ3) is 2.71. The third-order valence-electron chi connectivity index (χ3n) is 2.79. The van der Waals surface area contributed by atoms with Gasteiger partial charge < -0.3 is 10.0 Å². The van der Waals surface area contributed by atoms with Gasteiger partial charge in [0, 0.05) is 19.2 Å². The maximum atomic E-state index is 10.0. The Morgan fingerprint density at radius 1 is 1.50 bits per heavy atom. The zero-order valence-electron chi connectivity index (χ0n) is 9.57. The van der Waals surface area contributed by atoms with Crippen molar-refractivity contribution in [2.75, 3.05) is 18.0 Å². The topological polar surface area (TPSA) is 49.2 Å². The summed E-state index contributed by atoms with van der Waals surface area (Å²) in [6, 6.07) is 1.90. The third-order valence-corrected chi connectivity index (χ3v) is 3.20. The Morgan fingerprint density at radius 2 is 2.25 bits per heavy atom. The second-order valence-electron chi connectivity index (χ2n) is 4.62. The van der Waals surface area contributed by atoms with Crippen molar-refractivity contribution in [2.24, 2.45) is 0 Å². The average Bonchev–Trinajstić information content (AvgIpc) is 2.14. The van der Waals surface area contributed by atoms with Crippen LogP contribution in [0.25, 0.3) is 0 Å². The summed E-state index contributed by atoms with van der Waals surface area (Å²) in [7, 11) is 0. The van der Waals surface area contributed by atoms with Gasteiger partial charge in [0.25, 0.3) is 0 Å². The first-order valence-electron chi connectivity index (χ1n) is 5.45. The van der Waals surface area contributed by atoms with Gasteiger partial charge in [-0.25, -0.2) is 9.97 Å². The number of nitrogens with zero attached hydrogens (tertiary/aromatic N) is 3. The molecule has 1 saturated heterocycles. The van der Waals surface area contributed by atoms with Gasteiger partial charge >= 0.3 is 0 Å². The van der Waals surface area contributed by atoms with E-state index in [1.54, 1.807) is 0 Å². The number of aromatic nitrogens is 2. The van der Waals surface area contributed by atoms with Crippen LogP contribution < -0.4 is 4.90 Å². The number of aliphatic hydroxyl groups is 1. The molecule has 0 amide bonds. The maximum Gasteiger partial charge on any atom is 0.133 e. The molecule has 88 valence electrons. The Bertz CT molecular complexity index is 375. The van der Waals surface area contributed by atoms with E-state index < -0.39 is 5.60 Å². The number of rotatable bonds is 1. The average molecular weight is 286 g/mol. The first kappa shape index (κ1) is 11.8. The van der Waals surface area contributed by atoms with Crippen molar-refractivity contribution in [1.82, 2.24) is 9.97 Å². The zero-order valence-corrected chi connectivity index (χ0v) is 11.2. The summed E-state index contributed by atoms with van der Waals surface area (Å²) >= 11 is 3.37. The van der Waals surface area contributed by atoms with Crippen LogP contribution in [0.5, 0.6) is 0 Å². The van der Waals surface area contributed by atoms with Crippen LogP contribution in [0.1, 0.15) is 25.6 Å². The van der Waals surface area contributed by atoms with Crippen LogP contribution in [-0.4, -0.2) is 33.8 Å². The lowest BCUT2D eigenvalue weighted by atomic mass is 9.95. The van der Waals surface area contributed by atoms with Crippen LogP contribution in [-0.2, 0) is 0 Å². The van der Waals surface area contributed by atoms with Crippen LogP contribution in [0.15, 0.2) is 10.7 Å². The van der Waals surface area contributed by atoms with Crippen molar-refractivity contribution in [3.05, 3.63) is 16.5 Å². The molecule has 5 heteroatoms.